The second-order valence-electron chi connectivity index (χ2n) is 7.56. The predicted octanol–water partition coefficient (Wildman–Crippen LogP) is 3.46. The van der Waals surface area contributed by atoms with Gasteiger partial charge in [-0.2, -0.15) is 9.97 Å². The Balaban J connectivity index is 1.68. The molecule has 1 amide bonds. The maximum absolute atomic E-state index is 15.0. The standard InChI is InChI=1S/C19H22BrClFN5O3/c1-25-4-2-3-11(25)10-30-18-23-16-12(9-13(21)14(20)15(16)22)17(24-18)26-5-7-27(8-6-26)19(28)29/h9,11H,2-8,10H2,1H3,(H,28,29). The summed E-state index contributed by atoms with van der Waals surface area (Å²) in [5.41, 5.74) is 0.117. The van der Waals surface area contributed by atoms with E-state index < -0.39 is 11.9 Å². The van der Waals surface area contributed by atoms with E-state index in [1.807, 2.05) is 4.90 Å². The number of amides is 1. The maximum Gasteiger partial charge on any atom is 0.407 e. The fraction of sp³-hybridized carbons (Fsp3) is 0.526. The molecule has 8 nitrogen and oxygen atoms in total. The van der Waals surface area contributed by atoms with E-state index in [9.17, 15) is 14.3 Å². The fourth-order valence-electron chi connectivity index (χ4n) is 3.91. The minimum atomic E-state index is -0.954. The van der Waals surface area contributed by atoms with Crippen LogP contribution >= 0.6 is 27.5 Å². The number of nitrogens with zero attached hydrogens (tertiary/aromatic N) is 5. The van der Waals surface area contributed by atoms with Crippen LogP contribution in [0.25, 0.3) is 10.9 Å². The van der Waals surface area contributed by atoms with Gasteiger partial charge in [0.25, 0.3) is 0 Å². The van der Waals surface area contributed by atoms with E-state index in [2.05, 4.69) is 37.8 Å². The average molecular weight is 503 g/mol. The molecule has 0 saturated carbocycles. The minimum absolute atomic E-state index is 0.103. The molecular formula is C19H22BrClFN5O3. The minimum Gasteiger partial charge on any atom is -0.465 e. The normalized spacial score (nSPS) is 20.2. The van der Waals surface area contributed by atoms with Crippen LogP contribution in [0.2, 0.25) is 5.02 Å². The molecule has 1 aromatic heterocycles. The zero-order valence-corrected chi connectivity index (χ0v) is 18.8. The number of anilines is 1. The van der Waals surface area contributed by atoms with Crippen molar-refractivity contribution in [3.63, 3.8) is 0 Å². The Bertz CT molecular complexity index is 973. The first kappa shape index (κ1) is 21.3. The fourth-order valence-corrected chi connectivity index (χ4v) is 4.41. The van der Waals surface area contributed by atoms with Crippen LogP contribution in [0.4, 0.5) is 15.0 Å². The largest absolute Gasteiger partial charge is 0.465 e. The first-order valence-corrected chi connectivity index (χ1v) is 10.9. The van der Waals surface area contributed by atoms with Crippen molar-refractivity contribution in [1.82, 2.24) is 19.8 Å². The lowest BCUT2D eigenvalue weighted by Gasteiger charge is -2.34. The predicted molar refractivity (Wildman–Crippen MR) is 115 cm³/mol. The molecule has 2 aromatic rings. The van der Waals surface area contributed by atoms with Gasteiger partial charge in [0.2, 0.25) is 0 Å². The van der Waals surface area contributed by atoms with Crippen LogP contribution in [0.15, 0.2) is 10.5 Å². The number of likely N-dealkylation sites (N-methyl/N-ethyl adjacent to an activating group) is 1. The third-order valence-corrected chi connectivity index (χ3v) is 7.01. The molecule has 1 aromatic carbocycles. The van der Waals surface area contributed by atoms with Crippen molar-refractivity contribution in [3.05, 3.63) is 21.4 Å². The highest BCUT2D eigenvalue weighted by Crippen LogP contribution is 2.36. The van der Waals surface area contributed by atoms with Gasteiger partial charge >= 0.3 is 12.1 Å². The van der Waals surface area contributed by atoms with E-state index in [4.69, 9.17) is 16.3 Å². The molecule has 0 aliphatic carbocycles. The molecule has 2 fully saturated rings. The summed E-state index contributed by atoms with van der Waals surface area (Å²) in [6.07, 6.45) is 1.19. The molecule has 11 heteroatoms. The second kappa shape index (κ2) is 8.68. The van der Waals surface area contributed by atoms with Crippen LogP contribution in [0.5, 0.6) is 6.01 Å². The van der Waals surface area contributed by atoms with Crippen molar-refractivity contribution in [3.8, 4) is 6.01 Å². The molecule has 2 aliphatic rings. The third-order valence-electron chi connectivity index (χ3n) is 5.71. The van der Waals surface area contributed by atoms with Gasteiger partial charge in [0.05, 0.1) is 9.50 Å². The highest BCUT2D eigenvalue weighted by molar-refractivity contribution is 9.10. The number of hydrogen-bond donors (Lipinski definition) is 1. The lowest BCUT2D eigenvalue weighted by atomic mass is 10.2. The number of carboxylic acid groups (broad SMARTS) is 1. The van der Waals surface area contributed by atoms with Crippen molar-refractivity contribution in [2.75, 3.05) is 51.3 Å². The number of likely N-dealkylation sites (tertiary alicyclic amines) is 1. The summed E-state index contributed by atoms with van der Waals surface area (Å²) in [5, 5.41) is 9.88. The molecule has 162 valence electrons. The van der Waals surface area contributed by atoms with Gasteiger partial charge in [-0.1, -0.05) is 11.6 Å². The van der Waals surface area contributed by atoms with E-state index in [0.29, 0.717) is 44.0 Å². The Morgan fingerprint density at radius 1 is 1.33 bits per heavy atom. The maximum atomic E-state index is 15.0. The van der Waals surface area contributed by atoms with Crippen LogP contribution in [-0.4, -0.2) is 83.4 Å². The number of benzene rings is 1. The number of piperazine rings is 1. The highest BCUT2D eigenvalue weighted by Gasteiger charge is 2.26. The lowest BCUT2D eigenvalue weighted by molar-refractivity contribution is 0.142. The molecule has 30 heavy (non-hydrogen) atoms. The van der Waals surface area contributed by atoms with Crippen LogP contribution in [0, 0.1) is 5.82 Å². The van der Waals surface area contributed by atoms with Crippen LogP contribution in [-0.2, 0) is 0 Å². The van der Waals surface area contributed by atoms with Crippen molar-refractivity contribution in [1.29, 1.82) is 0 Å². The van der Waals surface area contributed by atoms with E-state index in [1.165, 1.54) is 4.90 Å². The average Bonchev–Trinajstić information content (AvgIpc) is 3.15. The number of aromatic nitrogens is 2. The van der Waals surface area contributed by atoms with E-state index in [0.717, 1.165) is 19.4 Å². The first-order chi connectivity index (χ1) is 14.3. The summed E-state index contributed by atoms with van der Waals surface area (Å²) >= 11 is 9.36. The molecule has 0 radical (unpaired) electrons. The van der Waals surface area contributed by atoms with Gasteiger partial charge < -0.3 is 24.5 Å². The van der Waals surface area contributed by atoms with Crippen LogP contribution in [0.3, 0.4) is 0 Å². The van der Waals surface area contributed by atoms with Crippen LogP contribution in [0.1, 0.15) is 12.8 Å². The topological polar surface area (TPSA) is 82.0 Å². The van der Waals surface area contributed by atoms with Crippen LogP contribution < -0.4 is 9.64 Å². The number of carbonyl (C=O) groups is 1. The van der Waals surface area contributed by atoms with E-state index >= 15 is 0 Å². The number of fused-ring (bicyclic) bond motifs is 1. The Morgan fingerprint density at radius 2 is 2.07 bits per heavy atom. The quantitative estimate of drug-likeness (QED) is 0.641. The van der Waals surface area contributed by atoms with Gasteiger partial charge in [-0.15, -0.1) is 0 Å². The zero-order chi connectivity index (χ0) is 21.4. The van der Waals surface area contributed by atoms with Crippen molar-refractivity contribution >= 4 is 50.3 Å². The number of halogens is 3. The van der Waals surface area contributed by atoms with Gasteiger partial charge in [0.15, 0.2) is 5.82 Å². The summed E-state index contributed by atoms with van der Waals surface area (Å²) < 4.78 is 21.0. The second-order valence-corrected chi connectivity index (χ2v) is 8.76. The summed E-state index contributed by atoms with van der Waals surface area (Å²) in [4.78, 5) is 25.6. The summed E-state index contributed by atoms with van der Waals surface area (Å²) in [6.45, 7) is 2.96. The zero-order valence-electron chi connectivity index (χ0n) is 16.4. The number of hydrogen-bond acceptors (Lipinski definition) is 6. The Hall–Kier alpha value is -1.91. The Morgan fingerprint density at radius 3 is 2.70 bits per heavy atom. The molecule has 0 spiro atoms. The monoisotopic (exact) mass is 501 g/mol. The Kier molecular flexibility index (Phi) is 6.17. The molecule has 0 bridgehead atoms. The van der Waals surface area contributed by atoms with E-state index in [-0.39, 0.29) is 27.1 Å². The molecule has 2 saturated heterocycles. The smallest absolute Gasteiger partial charge is 0.407 e. The van der Waals surface area contributed by atoms with Gasteiger partial charge in [0, 0.05) is 37.6 Å². The first-order valence-electron chi connectivity index (χ1n) is 9.76. The van der Waals surface area contributed by atoms with Gasteiger partial charge in [-0.3, -0.25) is 0 Å². The van der Waals surface area contributed by atoms with Gasteiger partial charge in [0.1, 0.15) is 17.9 Å². The van der Waals surface area contributed by atoms with Gasteiger partial charge in [-0.25, -0.2) is 9.18 Å². The molecule has 1 atom stereocenters. The Labute approximate surface area is 186 Å². The van der Waals surface area contributed by atoms with Crippen molar-refractivity contribution in [2.45, 2.75) is 18.9 Å². The van der Waals surface area contributed by atoms with E-state index in [1.54, 1.807) is 6.07 Å². The molecule has 4 rings (SSSR count). The summed E-state index contributed by atoms with van der Waals surface area (Å²) in [6, 6.07) is 2.00. The van der Waals surface area contributed by atoms with Crippen molar-refractivity contribution < 1.29 is 19.0 Å². The van der Waals surface area contributed by atoms with Crippen molar-refractivity contribution in [2.24, 2.45) is 0 Å². The lowest BCUT2D eigenvalue weighted by Crippen LogP contribution is -2.48. The summed E-state index contributed by atoms with van der Waals surface area (Å²) in [7, 11) is 2.05. The third kappa shape index (κ3) is 4.13. The molecule has 1 N–H and O–H groups in total. The SMILES string of the molecule is CN1CCCC1COc1nc(N2CCN(C(=O)O)CC2)c2cc(Cl)c(Br)c(F)c2n1. The number of ether oxygens (including phenoxy) is 1. The molecule has 2 aliphatic heterocycles. The number of rotatable bonds is 4. The molecule has 3 heterocycles. The highest BCUT2D eigenvalue weighted by atomic mass is 79.9. The van der Waals surface area contributed by atoms with Gasteiger partial charge in [-0.05, 0) is 48.4 Å². The summed E-state index contributed by atoms with van der Waals surface area (Å²) in [5.74, 6) is -0.0822. The molecule has 1 unspecified atom stereocenters. The molecular weight excluding hydrogens is 481 g/mol.